The molecule has 1 aromatic rings. The summed E-state index contributed by atoms with van der Waals surface area (Å²) >= 11 is 3.43. The lowest BCUT2D eigenvalue weighted by atomic mass is 9.98. The number of hydrogen-bond donors (Lipinski definition) is 1. The van der Waals surface area contributed by atoms with Crippen LogP contribution in [0.1, 0.15) is 26.2 Å². The summed E-state index contributed by atoms with van der Waals surface area (Å²) in [5.41, 5.74) is 0.626. The van der Waals surface area contributed by atoms with E-state index in [1.807, 2.05) is 13.1 Å². The summed E-state index contributed by atoms with van der Waals surface area (Å²) in [6, 6.07) is 2.08. The maximum absolute atomic E-state index is 10.0. The topological polar surface area (TPSA) is 36.4 Å². The fraction of sp³-hybridized carbons (Fsp3) is 0.583. The molecule has 0 bridgehead atoms. The van der Waals surface area contributed by atoms with Gasteiger partial charge in [0.1, 0.15) is 0 Å². The highest BCUT2D eigenvalue weighted by Gasteiger charge is 2.25. The van der Waals surface area contributed by atoms with Gasteiger partial charge in [-0.2, -0.15) is 0 Å². The molecule has 0 spiro atoms. The van der Waals surface area contributed by atoms with Crippen LogP contribution in [0, 0.1) is 0 Å². The lowest BCUT2D eigenvalue weighted by molar-refractivity contribution is 0.0481. The SMILES string of the molecule is CC1(O)CCCN(c2cncc(Br)c2)CC1. The third-order valence-electron chi connectivity index (χ3n) is 3.12. The van der Waals surface area contributed by atoms with E-state index in [9.17, 15) is 5.11 Å². The Morgan fingerprint density at radius 3 is 2.94 bits per heavy atom. The third kappa shape index (κ3) is 2.95. The zero-order valence-electron chi connectivity index (χ0n) is 9.49. The maximum atomic E-state index is 10.0. The minimum atomic E-state index is -0.506. The molecule has 0 radical (unpaired) electrons. The Kier molecular flexibility index (Phi) is 3.50. The van der Waals surface area contributed by atoms with E-state index in [1.165, 1.54) is 0 Å². The van der Waals surface area contributed by atoms with Gasteiger partial charge >= 0.3 is 0 Å². The first-order chi connectivity index (χ1) is 7.57. The van der Waals surface area contributed by atoms with Gasteiger partial charge in [-0.3, -0.25) is 4.98 Å². The van der Waals surface area contributed by atoms with Gasteiger partial charge < -0.3 is 10.0 Å². The van der Waals surface area contributed by atoms with Crippen LogP contribution in [-0.4, -0.2) is 28.8 Å². The molecule has 0 saturated carbocycles. The Labute approximate surface area is 105 Å². The first-order valence-electron chi connectivity index (χ1n) is 5.65. The molecule has 1 N–H and O–H groups in total. The second-order valence-electron chi connectivity index (χ2n) is 4.70. The largest absolute Gasteiger partial charge is 0.390 e. The molecule has 3 nitrogen and oxygen atoms in total. The normalized spacial score (nSPS) is 26.6. The molecule has 2 heterocycles. The summed E-state index contributed by atoms with van der Waals surface area (Å²) in [6.45, 7) is 3.81. The van der Waals surface area contributed by atoms with Gasteiger partial charge in [-0.05, 0) is 48.2 Å². The van der Waals surface area contributed by atoms with Crippen molar-refractivity contribution in [3.63, 3.8) is 0 Å². The van der Waals surface area contributed by atoms with E-state index in [4.69, 9.17) is 0 Å². The van der Waals surface area contributed by atoms with E-state index >= 15 is 0 Å². The Balaban J connectivity index is 2.11. The molecule has 1 fully saturated rings. The van der Waals surface area contributed by atoms with Crippen LogP contribution in [-0.2, 0) is 0 Å². The third-order valence-corrected chi connectivity index (χ3v) is 3.55. The first-order valence-corrected chi connectivity index (χ1v) is 6.44. The smallest absolute Gasteiger partial charge is 0.0637 e. The van der Waals surface area contributed by atoms with Crippen molar-refractivity contribution in [2.45, 2.75) is 31.8 Å². The molecule has 1 aliphatic heterocycles. The van der Waals surface area contributed by atoms with Crippen molar-refractivity contribution in [3.05, 3.63) is 22.9 Å². The highest BCUT2D eigenvalue weighted by molar-refractivity contribution is 9.10. The Hall–Kier alpha value is -0.610. The van der Waals surface area contributed by atoms with Gasteiger partial charge in [-0.1, -0.05) is 0 Å². The summed E-state index contributed by atoms with van der Waals surface area (Å²) in [7, 11) is 0. The van der Waals surface area contributed by atoms with Crippen LogP contribution in [0.2, 0.25) is 0 Å². The number of anilines is 1. The highest BCUT2D eigenvalue weighted by atomic mass is 79.9. The van der Waals surface area contributed by atoms with E-state index < -0.39 is 5.60 Å². The zero-order valence-corrected chi connectivity index (χ0v) is 11.1. The van der Waals surface area contributed by atoms with Crippen molar-refractivity contribution in [1.29, 1.82) is 0 Å². The van der Waals surface area contributed by atoms with E-state index in [2.05, 4.69) is 31.9 Å². The summed E-state index contributed by atoms with van der Waals surface area (Å²) in [5.74, 6) is 0. The Morgan fingerprint density at radius 2 is 2.19 bits per heavy atom. The number of pyridine rings is 1. The van der Waals surface area contributed by atoms with E-state index in [0.717, 1.165) is 42.5 Å². The molecule has 0 aromatic carbocycles. The van der Waals surface area contributed by atoms with Crippen LogP contribution in [0.5, 0.6) is 0 Å². The van der Waals surface area contributed by atoms with Gasteiger partial charge in [0, 0.05) is 23.8 Å². The van der Waals surface area contributed by atoms with E-state index in [1.54, 1.807) is 6.20 Å². The monoisotopic (exact) mass is 284 g/mol. The van der Waals surface area contributed by atoms with Gasteiger partial charge in [0.2, 0.25) is 0 Å². The first kappa shape index (κ1) is 11.9. The number of rotatable bonds is 1. The highest BCUT2D eigenvalue weighted by Crippen LogP contribution is 2.26. The number of halogens is 1. The Morgan fingerprint density at radius 1 is 1.38 bits per heavy atom. The summed E-state index contributed by atoms with van der Waals surface area (Å²) < 4.78 is 1.00. The molecule has 16 heavy (non-hydrogen) atoms. The van der Waals surface area contributed by atoms with Gasteiger partial charge in [0.15, 0.2) is 0 Å². The number of hydrogen-bond acceptors (Lipinski definition) is 3. The quantitative estimate of drug-likeness (QED) is 0.861. The average Bonchev–Trinajstić information content (AvgIpc) is 2.39. The molecule has 1 unspecified atom stereocenters. The van der Waals surface area contributed by atoms with Crippen molar-refractivity contribution < 1.29 is 5.11 Å². The van der Waals surface area contributed by atoms with Gasteiger partial charge in [0.25, 0.3) is 0 Å². The van der Waals surface area contributed by atoms with Crippen LogP contribution in [0.15, 0.2) is 22.9 Å². The predicted molar refractivity (Wildman–Crippen MR) is 68.6 cm³/mol. The molecule has 2 rings (SSSR count). The molecule has 0 aliphatic carbocycles. The number of nitrogens with zero attached hydrogens (tertiary/aromatic N) is 2. The van der Waals surface area contributed by atoms with Gasteiger partial charge in [-0.25, -0.2) is 0 Å². The van der Waals surface area contributed by atoms with Crippen LogP contribution >= 0.6 is 15.9 Å². The lowest BCUT2D eigenvalue weighted by Gasteiger charge is -2.24. The minimum Gasteiger partial charge on any atom is -0.390 e. The predicted octanol–water partition coefficient (Wildman–Crippen LogP) is 2.59. The molecule has 1 aromatic heterocycles. The van der Waals surface area contributed by atoms with Crippen molar-refractivity contribution in [1.82, 2.24) is 4.98 Å². The molecule has 1 aliphatic rings. The van der Waals surface area contributed by atoms with Gasteiger partial charge in [-0.15, -0.1) is 0 Å². The molecular formula is C12H17BrN2O. The second-order valence-corrected chi connectivity index (χ2v) is 5.61. The standard InChI is InChI=1S/C12H17BrN2O/c1-12(16)3-2-5-15(6-4-12)11-7-10(13)8-14-9-11/h7-9,16H,2-6H2,1H3. The Bertz CT molecular complexity index is 368. The van der Waals surface area contributed by atoms with Crippen LogP contribution in [0.25, 0.3) is 0 Å². The zero-order chi connectivity index (χ0) is 11.6. The van der Waals surface area contributed by atoms with Crippen molar-refractivity contribution in [2.24, 2.45) is 0 Å². The van der Waals surface area contributed by atoms with Crippen molar-refractivity contribution in [2.75, 3.05) is 18.0 Å². The second kappa shape index (κ2) is 4.72. The molecule has 1 atom stereocenters. The minimum absolute atomic E-state index is 0.506. The summed E-state index contributed by atoms with van der Waals surface area (Å²) in [4.78, 5) is 6.47. The molecule has 1 saturated heterocycles. The fourth-order valence-corrected chi connectivity index (χ4v) is 2.45. The molecule has 0 amide bonds. The average molecular weight is 285 g/mol. The number of aromatic nitrogens is 1. The van der Waals surface area contributed by atoms with E-state index in [0.29, 0.717) is 0 Å². The fourth-order valence-electron chi connectivity index (χ4n) is 2.10. The van der Waals surface area contributed by atoms with Crippen molar-refractivity contribution in [3.8, 4) is 0 Å². The summed E-state index contributed by atoms with van der Waals surface area (Å²) in [5, 5.41) is 10.0. The van der Waals surface area contributed by atoms with Crippen LogP contribution in [0.3, 0.4) is 0 Å². The van der Waals surface area contributed by atoms with E-state index in [-0.39, 0.29) is 0 Å². The molecule has 88 valence electrons. The lowest BCUT2D eigenvalue weighted by Crippen LogP contribution is -2.28. The van der Waals surface area contributed by atoms with Gasteiger partial charge in [0.05, 0.1) is 17.5 Å². The summed E-state index contributed by atoms with van der Waals surface area (Å²) in [6.07, 6.45) is 6.40. The molecular weight excluding hydrogens is 268 g/mol. The maximum Gasteiger partial charge on any atom is 0.0637 e. The number of aliphatic hydroxyl groups is 1. The van der Waals surface area contributed by atoms with Crippen LogP contribution < -0.4 is 4.90 Å². The molecule has 4 heteroatoms. The van der Waals surface area contributed by atoms with Crippen molar-refractivity contribution >= 4 is 21.6 Å². The van der Waals surface area contributed by atoms with Crippen LogP contribution in [0.4, 0.5) is 5.69 Å².